The van der Waals surface area contributed by atoms with Crippen molar-refractivity contribution in [2.45, 2.75) is 45.8 Å². The highest BCUT2D eigenvalue weighted by molar-refractivity contribution is 5.69. The highest BCUT2D eigenvalue weighted by Crippen LogP contribution is 2.28. The molecule has 0 spiro atoms. The zero-order chi connectivity index (χ0) is 18.8. The molecule has 1 amide bonds. The lowest BCUT2D eigenvalue weighted by atomic mass is 10.1. The van der Waals surface area contributed by atoms with Crippen LogP contribution >= 0.6 is 0 Å². The molecule has 1 aromatic carbocycles. The smallest absolute Gasteiger partial charge is 0.410 e. The lowest BCUT2D eigenvalue weighted by Gasteiger charge is -2.42. The molecule has 1 aliphatic heterocycles. The lowest BCUT2D eigenvalue weighted by molar-refractivity contribution is -0.385. The first kappa shape index (κ1) is 19.0. The van der Waals surface area contributed by atoms with Crippen LogP contribution in [0.1, 0.15) is 34.1 Å². The minimum atomic E-state index is -0.627. The second-order valence-corrected chi connectivity index (χ2v) is 7.07. The monoisotopic (exact) mass is 353 g/mol. The number of nitrogens with zero attached hydrogens (tertiary/aromatic N) is 3. The first-order valence-electron chi connectivity index (χ1n) is 8.31. The van der Waals surface area contributed by atoms with E-state index in [-0.39, 0.29) is 17.8 Å². The quantitative estimate of drug-likeness (QED) is 0.613. The van der Waals surface area contributed by atoms with Crippen molar-refractivity contribution < 1.29 is 18.8 Å². The largest absolute Gasteiger partial charge is 0.444 e. The number of benzene rings is 1. The Labute approximate surface area is 146 Å². The molecule has 1 aromatic rings. The van der Waals surface area contributed by atoms with Crippen LogP contribution in [-0.4, -0.2) is 47.2 Å². The van der Waals surface area contributed by atoms with Crippen molar-refractivity contribution in [1.82, 2.24) is 4.90 Å². The van der Waals surface area contributed by atoms with Gasteiger partial charge < -0.3 is 14.5 Å². The van der Waals surface area contributed by atoms with E-state index < -0.39 is 16.3 Å². The third-order valence-corrected chi connectivity index (χ3v) is 4.06. The summed E-state index contributed by atoms with van der Waals surface area (Å²) < 4.78 is 19.7. The average molecular weight is 353 g/mol. The van der Waals surface area contributed by atoms with Gasteiger partial charge in [0.2, 0.25) is 0 Å². The zero-order valence-corrected chi connectivity index (χ0v) is 15.0. The number of nitro benzene ring substituents is 1. The van der Waals surface area contributed by atoms with Gasteiger partial charge in [-0.15, -0.1) is 0 Å². The van der Waals surface area contributed by atoms with Crippen LogP contribution in [0.5, 0.6) is 0 Å². The number of piperazine rings is 1. The molecule has 0 aromatic heterocycles. The summed E-state index contributed by atoms with van der Waals surface area (Å²) in [4.78, 5) is 25.9. The molecular formula is C17H24FN3O4. The minimum absolute atomic E-state index is 0.0859. The third-order valence-electron chi connectivity index (χ3n) is 4.06. The molecule has 1 aliphatic rings. The van der Waals surface area contributed by atoms with E-state index in [9.17, 15) is 19.3 Å². The molecule has 0 bridgehead atoms. The van der Waals surface area contributed by atoms with Crippen LogP contribution in [0.2, 0.25) is 0 Å². The maximum Gasteiger partial charge on any atom is 0.410 e. The molecule has 1 atom stereocenters. The van der Waals surface area contributed by atoms with Gasteiger partial charge in [-0.2, -0.15) is 0 Å². The van der Waals surface area contributed by atoms with Gasteiger partial charge in [-0.1, -0.05) is 6.92 Å². The van der Waals surface area contributed by atoms with Crippen molar-refractivity contribution >= 4 is 17.5 Å². The van der Waals surface area contributed by atoms with Crippen LogP contribution in [0.4, 0.5) is 20.6 Å². The summed E-state index contributed by atoms with van der Waals surface area (Å²) in [6.07, 6.45) is 0.324. The van der Waals surface area contributed by atoms with Gasteiger partial charge in [0.1, 0.15) is 5.60 Å². The molecule has 1 unspecified atom stereocenters. The van der Waals surface area contributed by atoms with E-state index in [1.807, 2.05) is 32.6 Å². The number of anilines is 1. The fourth-order valence-corrected chi connectivity index (χ4v) is 2.86. The van der Waals surface area contributed by atoms with Gasteiger partial charge in [0, 0.05) is 31.7 Å². The maximum atomic E-state index is 14.3. The molecule has 7 nitrogen and oxygen atoms in total. The Morgan fingerprint density at radius 1 is 1.40 bits per heavy atom. The summed E-state index contributed by atoms with van der Waals surface area (Å²) in [6.45, 7) is 8.65. The molecule has 8 heteroatoms. The van der Waals surface area contributed by atoms with Gasteiger partial charge in [0.25, 0.3) is 5.69 Å². The van der Waals surface area contributed by atoms with Crippen molar-refractivity contribution in [3.63, 3.8) is 0 Å². The van der Waals surface area contributed by atoms with E-state index in [0.717, 1.165) is 6.07 Å². The fraction of sp³-hybridized carbons (Fsp3) is 0.588. The second-order valence-electron chi connectivity index (χ2n) is 7.07. The van der Waals surface area contributed by atoms with Crippen LogP contribution in [0.15, 0.2) is 18.2 Å². The molecular weight excluding hydrogens is 329 g/mol. The number of carbonyl (C=O) groups is 1. The Balaban J connectivity index is 2.15. The maximum absolute atomic E-state index is 14.3. The predicted molar refractivity (Wildman–Crippen MR) is 92.3 cm³/mol. The molecule has 25 heavy (non-hydrogen) atoms. The predicted octanol–water partition coefficient (Wildman–Crippen LogP) is 3.57. The summed E-state index contributed by atoms with van der Waals surface area (Å²) >= 11 is 0. The molecule has 1 heterocycles. The number of rotatable bonds is 3. The number of non-ortho nitro benzene ring substituents is 1. The SMILES string of the molecule is CCC1CN(C(=O)OC(C)(C)C)CCN1c1ccc([N+](=O)[O-])cc1F. The summed E-state index contributed by atoms with van der Waals surface area (Å²) in [5.74, 6) is -0.627. The molecule has 0 N–H and O–H groups in total. The first-order valence-corrected chi connectivity index (χ1v) is 8.31. The number of carbonyl (C=O) groups excluding carboxylic acids is 1. The van der Waals surface area contributed by atoms with Crippen molar-refractivity contribution in [1.29, 1.82) is 0 Å². The number of amides is 1. The van der Waals surface area contributed by atoms with E-state index in [1.54, 1.807) is 4.90 Å². The van der Waals surface area contributed by atoms with E-state index >= 15 is 0 Å². The molecule has 1 fully saturated rings. The number of hydrogen-bond acceptors (Lipinski definition) is 5. The molecule has 0 saturated carbocycles. The Morgan fingerprint density at radius 3 is 2.60 bits per heavy atom. The Hall–Kier alpha value is -2.38. The summed E-state index contributed by atoms with van der Waals surface area (Å²) in [5.41, 5.74) is -0.525. The van der Waals surface area contributed by atoms with Crippen LogP contribution in [0, 0.1) is 15.9 Å². The average Bonchev–Trinajstić information content (AvgIpc) is 2.52. The highest BCUT2D eigenvalue weighted by atomic mass is 19.1. The van der Waals surface area contributed by atoms with E-state index in [1.165, 1.54) is 12.1 Å². The van der Waals surface area contributed by atoms with Gasteiger partial charge in [0.15, 0.2) is 5.82 Å². The Kier molecular flexibility index (Phi) is 5.49. The van der Waals surface area contributed by atoms with E-state index in [4.69, 9.17) is 4.74 Å². The van der Waals surface area contributed by atoms with Gasteiger partial charge in [-0.25, -0.2) is 9.18 Å². The summed E-state index contributed by atoms with van der Waals surface area (Å²) in [7, 11) is 0. The van der Waals surface area contributed by atoms with Crippen molar-refractivity contribution in [3.8, 4) is 0 Å². The number of nitro groups is 1. The van der Waals surface area contributed by atoms with Crippen LogP contribution in [-0.2, 0) is 4.74 Å². The van der Waals surface area contributed by atoms with Crippen LogP contribution in [0.25, 0.3) is 0 Å². The molecule has 0 radical (unpaired) electrons. The topological polar surface area (TPSA) is 75.9 Å². The molecule has 1 saturated heterocycles. The van der Waals surface area contributed by atoms with E-state index in [2.05, 4.69) is 0 Å². The lowest BCUT2D eigenvalue weighted by Crippen LogP contribution is -2.55. The van der Waals surface area contributed by atoms with Gasteiger partial charge in [-0.05, 0) is 33.3 Å². The molecule has 138 valence electrons. The van der Waals surface area contributed by atoms with Crippen LogP contribution < -0.4 is 4.90 Å². The Morgan fingerprint density at radius 2 is 2.08 bits per heavy atom. The highest BCUT2D eigenvalue weighted by Gasteiger charge is 2.32. The second kappa shape index (κ2) is 7.25. The van der Waals surface area contributed by atoms with Gasteiger partial charge >= 0.3 is 6.09 Å². The molecule has 2 rings (SSSR count). The van der Waals surface area contributed by atoms with Gasteiger partial charge in [0.05, 0.1) is 16.7 Å². The summed E-state index contributed by atoms with van der Waals surface area (Å²) in [6, 6.07) is 3.57. The van der Waals surface area contributed by atoms with Gasteiger partial charge in [-0.3, -0.25) is 10.1 Å². The number of halogens is 1. The van der Waals surface area contributed by atoms with Crippen molar-refractivity contribution in [2.75, 3.05) is 24.5 Å². The van der Waals surface area contributed by atoms with Crippen molar-refractivity contribution in [3.05, 3.63) is 34.1 Å². The Bertz CT molecular complexity index is 660. The summed E-state index contributed by atoms with van der Waals surface area (Å²) in [5, 5.41) is 10.8. The number of hydrogen-bond donors (Lipinski definition) is 0. The van der Waals surface area contributed by atoms with Crippen molar-refractivity contribution in [2.24, 2.45) is 0 Å². The first-order chi connectivity index (χ1) is 11.6. The normalized spacial score (nSPS) is 18.2. The fourth-order valence-electron chi connectivity index (χ4n) is 2.86. The zero-order valence-electron chi connectivity index (χ0n) is 15.0. The standard InChI is InChI=1S/C17H24FN3O4/c1-5-12-11-19(16(22)25-17(2,3)4)8-9-20(12)15-7-6-13(21(23)24)10-14(15)18/h6-7,10,12H,5,8-9,11H2,1-4H3. The third kappa shape index (κ3) is 4.58. The van der Waals surface area contributed by atoms with Crippen LogP contribution in [0.3, 0.4) is 0 Å². The minimum Gasteiger partial charge on any atom is -0.444 e. The molecule has 0 aliphatic carbocycles. The van der Waals surface area contributed by atoms with E-state index in [0.29, 0.717) is 31.7 Å². The number of ether oxygens (including phenoxy) is 1.